The zero-order valence-electron chi connectivity index (χ0n) is 7.34. The summed E-state index contributed by atoms with van der Waals surface area (Å²) in [6.45, 7) is 3.65. The highest BCUT2D eigenvalue weighted by Gasteiger charge is 2.25. The number of ketones is 1. The normalized spacial score (nSPS) is 14.9. The van der Waals surface area contributed by atoms with Gasteiger partial charge in [0.05, 0.1) is 15.6 Å². The minimum Gasteiger partial charge on any atom is -0.460 e. The minimum atomic E-state index is -0.0210. The van der Waals surface area contributed by atoms with Gasteiger partial charge in [0.25, 0.3) is 0 Å². The number of halogens is 1. The van der Waals surface area contributed by atoms with Gasteiger partial charge in [-0.15, -0.1) is 0 Å². The van der Waals surface area contributed by atoms with Gasteiger partial charge in [0.2, 0.25) is 0 Å². The van der Waals surface area contributed by atoms with E-state index in [1.807, 2.05) is 6.07 Å². The van der Waals surface area contributed by atoms with Crippen molar-refractivity contribution in [1.29, 1.82) is 0 Å². The number of nitrogen functional groups attached to an aromatic ring is 1. The van der Waals surface area contributed by atoms with Crippen molar-refractivity contribution in [3.05, 3.63) is 33.6 Å². The maximum Gasteiger partial charge on any atom is 0.176 e. The first-order valence-corrected chi connectivity index (χ1v) is 5.14. The van der Waals surface area contributed by atoms with Crippen LogP contribution in [0.25, 0.3) is 0 Å². The Hall–Kier alpha value is -1.04. The van der Waals surface area contributed by atoms with E-state index in [4.69, 9.17) is 10.5 Å². The van der Waals surface area contributed by atoms with Crippen molar-refractivity contribution in [1.82, 2.24) is 0 Å². The molecule has 0 saturated heterocycles. The first-order valence-electron chi connectivity index (χ1n) is 4.06. The summed E-state index contributed by atoms with van der Waals surface area (Å²) in [5.41, 5.74) is 6.67. The number of carbonyl (C=O) groups excluding carboxylic acids is 1. The highest BCUT2D eigenvalue weighted by molar-refractivity contribution is 14.1. The number of carbonyl (C=O) groups is 1. The standard InChI is InChI=1S/C10H8INO2/c1-5-4-8(13)9-7(12)3-2-6(11)10(9)14-5/h2-3H,1,4,12H2. The molecule has 4 heteroatoms. The number of anilines is 1. The summed E-state index contributed by atoms with van der Waals surface area (Å²) in [5, 5.41) is 0. The van der Waals surface area contributed by atoms with Crippen molar-refractivity contribution < 1.29 is 9.53 Å². The molecule has 72 valence electrons. The van der Waals surface area contributed by atoms with Crippen molar-refractivity contribution in [2.75, 3.05) is 5.73 Å². The predicted molar refractivity (Wildman–Crippen MR) is 62.3 cm³/mol. The molecular weight excluding hydrogens is 293 g/mol. The molecular formula is C10H8INO2. The molecule has 1 aromatic rings. The third-order valence-electron chi connectivity index (χ3n) is 2.02. The Bertz CT molecular complexity index is 440. The van der Waals surface area contributed by atoms with Crippen LogP contribution >= 0.6 is 22.6 Å². The number of benzene rings is 1. The quantitative estimate of drug-likeness (QED) is 0.591. The average Bonchev–Trinajstić information content (AvgIpc) is 2.10. The summed E-state index contributed by atoms with van der Waals surface area (Å²) < 4.78 is 6.29. The summed E-state index contributed by atoms with van der Waals surface area (Å²) in [5.74, 6) is 1.00. The molecule has 0 radical (unpaired) electrons. The van der Waals surface area contributed by atoms with Crippen molar-refractivity contribution >= 4 is 34.1 Å². The lowest BCUT2D eigenvalue weighted by Crippen LogP contribution is -2.16. The van der Waals surface area contributed by atoms with Gasteiger partial charge in [0.15, 0.2) is 11.5 Å². The lowest BCUT2D eigenvalue weighted by atomic mass is 10.0. The summed E-state index contributed by atoms with van der Waals surface area (Å²) in [4.78, 5) is 11.6. The van der Waals surface area contributed by atoms with E-state index in [0.717, 1.165) is 3.57 Å². The number of nitrogens with two attached hydrogens (primary N) is 1. The number of Topliss-reactive ketones (excluding diaryl/α,β-unsaturated/α-hetero) is 1. The molecule has 14 heavy (non-hydrogen) atoms. The van der Waals surface area contributed by atoms with Crippen LogP contribution in [0.4, 0.5) is 5.69 Å². The molecule has 1 aromatic carbocycles. The van der Waals surface area contributed by atoms with Crippen LogP contribution in [0.15, 0.2) is 24.5 Å². The number of fused-ring (bicyclic) bond motifs is 1. The molecule has 1 heterocycles. The van der Waals surface area contributed by atoms with Crippen molar-refractivity contribution in [2.45, 2.75) is 6.42 Å². The Kier molecular flexibility index (Phi) is 2.22. The molecule has 0 unspecified atom stereocenters. The largest absolute Gasteiger partial charge is 0.460 e. The van der Waals surface area contributed by atoms with Crippen molar-refractivity contribution in [3.63, 3.8) is 0 Å². The molecule has 0 saturated carbocycles. The van der Waals surface area contributed by atoms with Gasteiger partial charge in [-0.25, -0.2) is 0 Å². The van der Waals surface area contributed by atoms with Gasteiger partial charge in [0.1, 0.15) is 5.76 Å². The lowest BCUT2D eigenvalue weighted by Gasteiger charge is -2.20. The fourth-order valence-electron chi connectivity index (χ4n) is 1.41. The summed E-state index contributed by atoms with van der Waals surface area (Å²) in [7, 11) is 0. The van der Waals surface area contributed by atoms with Gasteiger partial charge in [0, 0.05) is 5.69 Å². The van der Waals surface area contributed by atoms with Crippen molar-refractivity contribution in [2.24, 2.45) is 0 Å². The van der Waals surface area contributed by atoms with Gasteiger partial charge < -0.3 is 10.5 Å². The Labute approximate surface area is 95.1 Å². The van der Waals surface area contributed by atoms with Gasteiger partial charge in [-0.3, -0.25) is 4.79 Å². The second-order valence-corrected chi connectivity index (χ2v) is 4.24. The Morgan fingerprint density at radius 3 is 2.93 bits per heavy atom. The van der Waals surface area contributed by atoms with Gasteiger partial charge >= 0.3 is 0 Å². The fourth-order valence-corrected chi connectivity index (χ4v) is 1.97. The summed E-state index contributed by atoms with van der Waals surface area (Å²) >= 11 is 2.11. The molecule has 0 aromatic heterocycles. The maximum atomic E-state index is 11.6. The van der Waals surface area contributed by atoms with E-state index >= 15 is 0 Å². The first kappa shape index (κ1) is 9.51. The van der Waals surface area contributed by atoms with E-state index in [1.54, 1.807) is 6.07 Å². The zero-order chi connectivity index (χ0) is 10.3. The summed E-state index contributed by atoms with van der Waals surface area (Å²) in [6, 6.07) is 3.54. The number of ether oxygens (including phenoxy) is 1. The lowest BCUT2D eigenvalue weighted by molar-refractivity contribution is 0.0965. The molecule has 2 rings (SSSR count). The minimum absolute atomic E-state index is 0.0210. The van der Waals surface area contributed by atoms with Crippen LogP contribution in [0.5, 0.6) is 5.75 Å². The van der Waals surface area contributed by atoms with E-state index in [0.29, 0.717) is 22.8 Å². The van der Waals surface area contributed by atoms with E-state index in [1.165, 1.54) is 0 Å². The average molecular weight is 301 g/mol. The molecule has 0 bridgehead atoms. The van der Waals surface area contributed by atoms with Crippen LogP contribution in [0.3, 0.4) is 0 Å². The molecule has 1 aliphatic rings. The fraction of sp³-hybridized carbons (Fsp3) is 0.100. The Balaban J connectivity index is 2.69. The second-order valence-electron chi connectivity index (χ2n) is 3.08. The molecule has 0 spiro atoms. The zero-order valence-corrected chi connectivity index (χ0v) is 9.50. The molecule has 1 aliphatic heterocycles. The van der Waals surface area contributed by atoms with E-state index in [9.17, 15) is 4.79 Å². The molecule has 0 aliphatic carbocycles. The SMILES string of the molecule is C=C1CC(=O)c2c(N)ccc(I)c2O1. The topological polar surface area (TPSA) is 52.3 Å². The molecule has 2 N–H and O–H groups in total. The molecule has 3 nitrogen and oxygen atoms in total. The maximum absolute atomic E-state index is 11.6. The van der Waals surface area contributed by atoms with Crippen LogP contribution in [-0.4, -0.2) is 5.78 Å². The van der Waals surface area contributed by atoms with Crippen molar-refractivity contribution in [3.8, 4) is 5.75 Å². The number of allylic oxidation sites excluding steroid dienone is 1. The van der Waals surface area contributed by atoms with E-state index < -0.39 is 0 Å². The molecule has 0 fully saturated rings. The smallest absolute Gasteiger partial charge is 0.176 e. The van der Waals surface area contributed by atoms with Gasteiger partial charge in [-0.2, -0.15) is 0 Å². The third kappa shape index (κ3) is 1.39. The van der Waals surface area contributed by atoms with Gasteiger partial charge in [-0.05, 0) is 34.7 Å². The number of hydrogen-bond donors (Lipinski definition) is 1. The summed E-state index contributed by atoms with van der Waals surface area (Å²) in [6.07, 6.45) is 0.220. The van der Waals surface area contributed by atoms with Crippen LogP contribution < -0.4 is 10.5 Å². The van der Waals surface area contributed by atoms with Crippen LogP contribution in [0.1, 0.15) is 16.8 Å². The second kappa shape index (κ2) is 3.27. The third-order valence-corrected chi connectivity index (χ3v) is 2.87. The predicted octanol–water partition coefficient (Wildman–Crippen LogP) is 2.35. The molecule has 0 amide bonds. The number of hydrogen-bond acceptors (Lipinski definition) is 3. The Morgan fingerprint density at radius 1 is 1.50 bits per heavy atom. The first-order chi connectivity index (χ1) is 6.59. The van der Waals surface area contributed by atoms with Crippen LogP contribution in [-0.2, 0) is 0 Å². The highest BCUT2D eigenvalue weighted by Crippen LogP contribution is 2.36. The van der Waals surface area contributed by atoms with Crippen LogP contribution in [0, 0.1) is 3.57 Å². The Morgan fingerprint density at radius 2 is 2.21 bits per heavy atom. The highest BCUT2D eigenvalue weighted by atomic mass is 127. The molecule has 0 atom stereocenters. The van der Waals surface area contributed by atoms with Crippen LogP contribution in [0.2, 0.25) is 0 Å². The number of rotatable bonds is 0. The van der Waals surface area contributed by atoms with Gasteiger partial charge in [-0.1, -0.05) is 6.58 Å². The van der Waals surface area contributed by atoms with E-state index in [2.05, 4.69) is 29.2 Å². The monoisotopic (exact) mass is 301 g/mol. The van der Waals surface area contributed by atoms with E-state index in [-0.39, 0.29) is 12.2 Å².